The van der Waals surface area contributed by atoms with Gasteiger partial charge in [-0.3, -0.25) is 19.2 Å². The molecule has 0 radical (unpaired) electrons. The second-order valence-corrected chi connectivity index (χ2v) is 7.87. The molecule has 12 heteroatoms. The lowest BCUT2D eigenvalue weighted by Crippen LogP contribution is -2.60. The number of aromatic amines is 1. The van der Waals surface area contributed by atoms with Crippen molar-refractivity contribution in [2.75, 3.05) is 0 Å². The van der Waals surface area contributed by atoms with Gasteiger partial charge in [0.25, 0.3) is 0 Å². The predicted molar refractivity (Wildman–Crippen MR) is 111 cm³/mol. The number of amides is 3. The van der Waals surface area contributed by atoms with Crippen molar-refractivity contribution in [1.29, 1.82) is 0 Å². The molecule has 0 aliphatic rings. The molecule has 0 fully saturated rings. The third-order valence-electron chi connectivity index (χ3n) is 4.47. The van der Waals surface area contributed by atoms with Gasteiger partial charge >= 0.3 is 5.97 Å². The van der Waals surface area contributed by atoms with Gasteiger partial charge in [0.05, 0.1) is 18.5 Å². The van der Waals surface area contributed by atoms with Crippen molar-refractivity contribution in [2.24, 2.45) is 11.7 Å². The summed E-state index contributed by atoms with van der Waals surface area (Å²) in [5, 5.41) is 26.2. The Kier molecular flexibility index (Phi) is 10.1. The number of carbonyl (C=O) groups excluding carboxylic acids is 3. The topological polar surface area (TPSA) is 200 Å². The summed E-state index contributed by atoms with van der Waals surface area (Å²) in [7, 11) is 0. The predicted octanol–water partition coefficient (Wildman–Crippen LogP) is -1.73. The zero-order valence-corrected chi connectivity index (χ0v) is 18.1. The molecule has 3 amide bonds. The molecule has 0 aliphatic heterocycles. The van der Waals surface area contributed by atoms with E-state index in [1.54, 1.807) is 0 Å². The summed E-state index contributed by atoms with van der Waals surface area (Å²) >= 11 is 0. The molecule has 0 saturated heterocycles. The molecular formula is C19H32N6O6. The first-order chi connectivity index (χ1) is 14.4. The van der Waals surface area contributed by atoms with E-state index in [2.05, 4.69) is 25.9 Å². The minimum Gasteiger partial charge on any atom is -0.480 e. The van der Waals surface area contributed by atoms with Gasteiger partial charge in [0, 0.05) is 18.3 Å². The largest absolute Gasteiger partial charge is 0.480 e. The van der Waals surface area contributed by atoms with Crippen molar-refractivity contribution in [3.05, 3.63) is 18.2 Å². The van der Waals surface area contributed by atoms with Gasteiger partial charge in [-0.15, -0.1) is 0 Å². The number of carboxylic acids is 1. The summed E-state index contributed by atoms with van der Waals surface area (Å²) in [5.74, 6) is -3.26. The maximum atomic E-state index is 12.8. The van der Waals surface area contributed by atoms with Crippen molar-refractivity contribution in [1.82, 2.24) is 25.9 Å². The summed E-state index contributed by atoms with van der Waals surface area (Å²) in [5.41, 5.74) is 6.35. The van der Waals surface area contributed by atoms with Crippen LogP contribution in [-0.2, 0) is 25.6 Å². The van der Waals surface area contributed by atoms with E-state index in [-0.39, 0.29) is 12.3 Å². The van der Waals surface area contributed by atoms with Gasteiger partial charge < -0.3 is 36.9 Å². The van der Waals surface area contributed by atoms with Crippen LogP contribution in [0.1, 0.15) is 39.8 Å². The van der Waals surface area contributed by atoms with E-state index < -0.39 is 54.0 Å². The van der Waals surface area contributed by atoms with Crippen LogP contribution >= 0.6 is 0 Å². The fourth-order valence-electron chi connectivity index (χ4n) is 2.74. The van der Waals surface area contributed by atoms with E-state index >= 15 is 0 Å². The molecule has 0 spiro atoms. The third-order valence-corrected chi connectivity index (χ3v) is 4.47. The van der Waals surface area contributed by atoms with E-state index in [1.165, 1.54) is 26.4 Å². The molecule has 0 aliphatic carbocycles. The van der Waals surface area contributed by atoms with Gasteiger partial charge in [-0.1, -0.05) is 13.8 Å². The zero-order chi connectivity index (χ0) is 23.7. The standard InChI is InChI=1S/C19H32N6O6/c1-9(2)5-13(20)16(27)25-15(11(4)26)18(29)24-14(6-12-7-21-8-22-12)17(28)23-10(3)19(30)31/h7-11,13-15,26H,5-6,20H2,1-4H3,(H,21,22)(H,23,28)(H,24,29)(H,25,27)(H,30,31). The Bertz CT molecular complexity index is 751. The minimum atomic E-state index is -1.36. The highest BCUT2D eigenvalue weighted by atomic mass is 16.4. The van der Waals surface area contributed by atoms with E-state index in [9.17, 15) is 24.3 Å². The van der Waals surface area contributed by atoms with E-state index in [4.69, 9.17) is 10.8 Å². The monoisotopic (exact) mass is 440 g/mol. The lowest BCUT2D eigenvalue weighted by Gasteiger charge is -2.26. The van der Waals surface area contributed by atoms with Crippen molar-refractivity contribution in [3.8, 4) is 0 Å². The van der Waals surface area contributed by atoms with E-state index in [1.807, 2.05) is 13.8 Å². The number of hydrogen-bond acceptors (Lipinski definition) is 7. The first-order valence-electron chi connectivity index (χ1n) is 9.97. The number of nitrogens with two attached hydrogens (primary N) is 1. The Labute approximate surface area is 180 Å². The fraction of sp³-hybridized carbons (Fsp3) is 0.632. The first-order valence-corrected chi connectivity index (χ1v) is 9.97. The number of H-pyrrole nitrogens is 1. The number of aliphatic hydroxyl groups is 1. The Hall–Kier alpha value is -2.99. The number of carbonyl (C=O) groups is 4. The molecule has 1 rings (SSSR count). The van der Waals surface area contributed by atoms with Crippen molar-refractivity contribution >= 4 is 23.7 Å². The van der Waals surface area contributed by atoms with Gasteiger partial charge in [0.2, 0.25) is 17.7 Å². The third kappa shape index (κ3) is 8.72. The molecule has 12 nitrogen and oxygen atoms in total. The van der Waals surface area contributed by atoms with Gasteiger partial charge in [0.15, 0.2) is 0 Å². The highest BCUT2D eigenvalue weighted by Gasteiger charge is 2.32. The van der Waals surface area contributed by atoms with Crippen molar-refractivity contribution in [3.63, 3.8) is 0 Å². The maximum absolute atomic E-state index is 12.8. The molecule has 0 aromatic carbocycles. The van der Waals surface area contributed by atoms with Crippen LogP contribution in [0.3, 0.4) is 0 Å². The number of imidazole rings is 1. The number of nitrogens with zero attached hydrogens (tertiary/aromatic N) is 1. The Morgan fingerprint density at radius 2 is 1.71 bits per heavy atom. The SMILES string of the molecule is CC(C)CC(N)C(=O)NC(C(=O)NC(Cc1cnc[nH]1)C(=O)NC(C)C(=O)O)C(C)O. The van der Waals surface area contributed by atoms with Crippen LogP contribution in [0.2, 0.25) is 0 Å². The highest BCUT2D eigenvalue weighted by Crippen LogP contribution is 2.05. The summed E-state index contributed by atoms with van der Waals surface area (Å²) in [4.78, 5) is 55.3. The number of aromatic nitrogens is 2. The number of nitrogens with one attached hydrogen (secondary N) is 4. The fourth-order valence-corrected chi connectivity index (χ4v) is 2.74. The quantitative estimate of drug-likeness (QED) is 0.199. The number of aliphatic carboxylic acids is 1. The molecule has 0 saturated carbocycles. The number of aliphatic hydroxyl groups excluding tert-OH is 1. The summed E-state index contributed by atoms with van der Waals surface area (Å²) in [6.45, 7) is 6.38. The maximum Gasteiger partial charge on any atom is 0.325 e. The zero-order valence-electron chi connectivity index (χ0n) is 18.1. The second-order valence-electron chi connectivity index (χ2n) is 7.87. The molecule has 174 valence electrons. The van der Waals surface area contributed by atoms with Crippen LogP contribution in [-0.4, -0.2) is 74.1 Å². The molecule has 5 unspecified atom stereocenters. The van der Waals surface area contributed by atoms with Gasteiger partial charge in [0.1, 0.15) is 18.1 Å². The molecule has 8 N–H and O–H groups in total. The van der Waals surface area contributed by atoms with E-state index in [0.717, 1.165) is 0 Å². The highest BCUT2D eigenvalue weighted by molar-refractivity contribution is 5.94. The van der Waals surface area contributed by atoms with Crippen LogP contribution in [0, 0.1) is 5.92 Å². The van der Waals surface area contributed by atoms with Crippen molar-refractivity contribution < 1.29 is 29.4 Å². The number of carboxylic acid groups (broad SMARTS) is 1. The van der Waals surface area contributed by atoms with Gasteiger partial charge in [-0.25, -0.2) is 4.98 Å². The van der Waals surface area contributed by atoms with Crippen molar-refractivity contribution in [2.45, 2.75) is 70.8 Å². The second kappa shape index (κ2) is 12.0. The van der Waals surface area contributed by atoms with E-state index in [0.29, 0.717) is 12.1 Å². The summed E-state index contributed by atoms with van der Waals surface area (Å²) < 4.78 is 0. The Morgan fingerprint density at radius 3 is 2.19 bits per heavy atom. The number of rotatable bonds is 12. The normalized spacial score (nSPS) is 16.0. The Morgan fingerprint density at radius 1 is 1.06 bits per heavy atom. The van der Waals surface area contributed by atoms with Crippen LogP contribution in [0.25, 0.3) is 0 Å². The average molecular weight is 441 g/mol. The minimum absolute atomic E-state index is 0.0166. The summed E-state index contributed by atoms with van der Waals surface area (Å²) in [6.07, 6.45) is 1.94. The molecule has 0 bridgehead atoms. The molecular weight excluding hydrogens is 408 g/mol. The lowest BCUT2D eigenvalue weighted by atomic mass is 10.0. The summed E-state index contributed by atoms with van der Waals surface area (Å²) in [6, 6.07) is -4.60. The smallest absolute Gasteiger partial charge is 0.325 e. The molecule has 5 atom stereocenters. The van der Waals surface area contributed by atoms with Crippen LogP contribution < -0.4 is 21.7 Å². The van der Waals surface area contributed by atoms with Crippen LogP contribution in [0.5, 0.6) is 0 Å². The first kappa shape index (κ1) is 26.0. The molecule has 1 aromatic heterocycles. The number of hydrogen-bond donors (Lipinski definition) is 7. The molecule has 1 heterocycles. The Balaban J connectivity index is 2.94. The van der Waals surface area contributed by atoms with Crippen LogP contribution in [0.15, 0.2) is 12.5 Å². The van der Waals surface area contributed by atoms with Gasteiger partial charge in [-0.05, 0) is 26.2 Å². The lowest BCUT2D eigenvalue weighted by molar-refractivity contribution is -0.142. The van der Waals surface area contributed by atoms with Crippen LogP contribution in [0.4, 0.5) is 0 Å². The average Bonchev–Trinajstić information content (AvgIpc) is 3.17. The van der Waals surface area contributed by atoms with Gasteiger partial charge in [-0.2, -0.15) is 0 Å². The molecule has 31 heavy (non-hydrogen) atoms. The molecule has 1 aromatic rings.